The second kappa shape index (κ2) is 5.52. The van der Waals surface area contributed by atoms with Crippen molar-refractivity contribution in [2.45, 2.75) is 52.6 Å². The molecule has 4 heteroatoms. The van der Waals surface area contributed by atoms with Gasteiger partial charge in [0, 0.05) is 18.4 Å². The summed E-state index contributed by atoms with van der Waals surface area (Å²) in [6.07, 6.45) is 2.72. The SMILES string of the molecule is CC(CNC(=O)OC(C)(C)C)C(=O)C1CCC1. The van der Waals surface area contributed by atoms with Gasteiger partial charge in [-0.2, -0.15) is 0 Å². The minimum Gasteiger partial charge on any atom is -0.444 e. The fraction of sp³-hybridized carbons (Fsp3) is 0.846. The van der Waals surface area contributed by atoms with Gasteiger partial charge in [0.1, 0.15) is 11.4 Å². The molecule has 1 unspecified atom stereocenters. The Morgan fingerprint density at radius 2 is 1.94 bits per heavy atom. The molecule has 0 aromatic rings. The Kier molecular flexibility index (Phi) is 4.54. The lowest BCUT2D eigenvalue weighted by Crippen LogP contribution is -2.38. The molecular formula is C13H23NO3. The molecule has 0 bridgehead atoms. The fourth-order valence-electron chi connectivity index (χ4n) is 1.75. The first kappa shape index (κ1) is 14.0. The summed E-state index contributed by atoms with van der Waals surface area (Å²) in [6.45, 7) is 7.67. The Bertz CT molecular complexity index is 290. The molecule has 0 radical (unpaired) electrons. The van der Waals surface area contributed by atoms with Crippen molar-refractivity contribution in [2.75, 3.05) is 6.54 Å². The molecule has 98 valence electrons. The first-order valence-electron chi connectivity index (χ1n) is 6.30. The van der Waals surface area contributed by atoms with E-state index in [1.807, 2.05) is 27.7 Å². The molecule has 1 atom stereocenters. The average Bonchev–Trinajstić information content (AvgIpc) is 2.08. The minimum absolute atomic E-state index is 0.118. The van der Waals surface area contributed by atoms with Crippen molar-refractivity contribution in [3.05, 3.63) is 0 Å². The van der Waals surface area contributed by atoms with Gasteiger partial charge in [0.2, 0.25) is 0 Å². The molecule has 1 fully saturated rings. The molecule has 4 nitrogen and oxygen atoms in total. The molecular weight excluding hydrogens is 218 g/mol. The van der Waals surface area contributed by atoms with Gasteiger partial charge >= 0.3 is 6.09 Å². The van der Waals surface area contributed by atoms with Crippen LogP contribution in [0.2, 0.25) is 0 Å². The molecule has 1 amide bonds. The van der Waals surface area contributed by atoms with Gasteiger partial charge in [0.05, 0.1) is 0 Å². The molecule has 0 aliphatic heterocycles. The second-order valence-electron chi connectivity index (χ2n) is 5.81. The van der Waals surface area contributed by atoms with Crippen LogP contribution in [0, 0.1) is 11.8 Å². The Balaban J connectivity index is 2.25. The molecule has 1 aliphatic rings. The molecule has 0 saturated heterocycles. The lowest BCUT2D eigenvalue weighted by Gasteiger charge is -2.27. The number of carbonyl (C=O) groups excluding carboxylic acids is 2. The number of hydrogen-bond donors (Lipinski definition) is 1. The number of carbonyl (C=O) groups is 2. The van der Waals surface area contributed by atoms with Crippen LogP contribution in [-0.4, -0.2) is 24.0 Å². The third kappa shape index (κ3) is 4.75. The van der Waals surface area contributed by atoms with Crippen molar-refractivity contribution in [1.82, 2.24) is 5.32 Å². The first-order chi connectivity index (χ1) is 7.79. The van der Waals surface area contributed by atoms with Crippen LogP contribution < -0.4 is 5.32 Å². The third-order valence-electron chi connectivity index (χ3n) is 2.94. The van der Waals surface area contributed by atoms with Gasteiger partial charge < -0.3 is 10.1 Å². The zero-order valence-corrected chi connectivity index (χ0v) is 11.2. The van der Waals surface area contributed by atoms with Crippen LogP contribution in [0.15, 0.2) is 0 Å². The molecule has 0 spiro atoms. The van der Waals surface area contributed by atoms with E-state index >= 15 is 0 Å². The summed E-state index contributed by atoms with van der Waals surface area (Å²) in [5.41, 5.74) is -0.495. The van der Waals surface area contributed by atoms with E-state index in [1.165, 1.54) is 0 Å². The van der Waals surface area contributed by atoms with Crippen molar-refractivity contribution in [2.24, 2.45) is 11.8 Å². The van der Waals surface area contributed by atoms with Crippen LogP contribution >= 0.6 is 0 Å². The third-order valence-corrected chi connectivity index (χ3v) is 2.94. The normalized spacial score (nSPS) is 18.1. The highest BCUT2D eigenvalue weighted by molar-refractivity contribution is 5.84. The largest absolute Gasteiger partial charge is 0.444 e. The molecule has 0 aromatic carbocycles. The molecule has 1 aliphatic carbocycles. The van der Waals surface area contributed by atoms with Crippen molar-refractivity contribution in [3.8, 4) is 0 Å². The lowest BCUT2D eigenvalue weighted by atomic mass is 9.78. The zero-order chi connectivity index (χ0) is 13.1. The van der Waals surface area contributed by atoms with E-state index < -0.39 is 11.7 Å². The highest BCUT2D eigenvalue weighted by Crippen LogP contribution is 2.29. The number of amides is 1. The Morgan fingerprint density at radius 3 is 2.35 bits per heavy atom. The number of Topliss-reactive ketones (excluding diaryl/α,β-unsaturated/α-hetero) is 1. The van der Waals surface area contributed by atoms with E-state index in [0.29, 0.717) is 6.54 Å². The monoisotopic (exact) mass is 241 g/mol. The van der Waals surface area contributed by atoms with Gasteiger partial charge in [-0.1, -0.05) is 13.3 Å². The summed E-state index contributed by atoms with van der Waals surface area (Å²) in [5, 5.41) is 2.64. The minimum atomic E-state index is -0.495. The maximum absolute atomic E-state index is 11.8. The smallest absolute Gasteiger partial charge is 0.407 e. The molecule has 1 saturated carbocycles. The van der Waals surface area contributed by atoms with Crippen molar-refractivity contribution in [3.63, 3.8) is 0 Å². The Morgan fingerprint density at radius 1 is 1.35 bits per heavy atom. The van der Waals surface area contributed by atoms with Crippen LogP contribution in [0.25, 0.3) is 0 Å². The Labute approximate surface area is 103 Å². The van der Waals surface area contributed by atoms with Crippen LogP contribution in [0.5, 0.6) is 0 Å². The van der Waals surface area contributed by atoms with Gasteiger partial charge in [-0.25, -0.2) is 4.79 Å². The highest BCUT2D eigenvalue weighted by atomic mass is 16.6. The van der Waals surface area contributed by atoms with Crippen molar-refractivity contribution >= 4 is 11.9 Å². The van der Waals surface area contributed by atoms with Crippen LogP contribution in [0.3, 0.4) is 0 Å². The number of ether oxygens (including phenoxy) is 1. The van der Waals surface area contributed by atoms with E-state index in [-0.39, 0.29) is 17.6 Å². The number of alkyl carbamates (subject to hydrolysis) is 1. The number of nitrogens with one attached hydrogen (secondary N) is 1. The fourth-order valence-corrected chi connectivity index (χ4v) is 1.75. The van der Waals surface area contributed by atoms with E-state index in [4.69, 9.17) is 4.74 Å². The van der Waals surface area contributed by atoms with E-state index in [2.05, 4.69) is 5.32 Å². The van der Waals surface area contributed by atoms with Crippen LogP contribution in [-0.2, 0) is 9.53 Å². The molecule has 1 N–H and O–H groups in total. The number of ketones is 1. The van der Waals surface area contributed by atoms with Gasteiger partial charge in [0.25, 0.3) is 0 Å². The summed E-state index contributed by atoms with van der Waals surface area (Å²) in [5.74, 6) is 0.380. The lowest BCUT2D eigenvalue weighted by molar-refractivity contribution is -0.128. The quantitative estimate of drug-likeness (QED) is 0.822. The molecule has 17 heavy (non-hydrogen) atoms. The number of rotatable bonds is 4. The predicted molar refractivity (Wildman–Crippen MR) is 65.7 cm³/mol. The summed E-state index contributed by atoms with van der Waals surface area (Å²) >= 11 is 0. The van der Waals surface area contributed by atoms with Gasteiger partial charge in [-0.05, 0) is 33.6 Å². The van der Waals surface area contributed by atoms with Crippen LogP contribution in [0.4, 0.5) is 4.79 Å². The number of hydrogen-bond acceptors (Lipinski definition) is 3. The van der Waals surface area contributed by atoms with E-state index in [9.17, 15) is 9.59 Å². The summed E-state index contributed by atoms with van der Waals surface area (Å²) < 4.78 is 5.11. The van der Waals surface area contributed by atoms with Gasteiger partial charge in [0.15, 0.2) is 0 Å². The van der Waals surface area contributed by atoms with Gasteiger partial charge in [-0.3, -0.25) is 4.79 Å². The zero-order valence-electron chi connectivity index (χ0n) is 11.2. The predicted octanol–water partition coefficient (Wildman–Crippen LogP) is 2.52. The standard InChI is InChI=1S/C13H23NO3/c1-9(11(15)10-6-5-7-10)8-14-12(16)17-13(2,3)4/h9-10H,5-8H2,1-4H3,(H,14,16). The average molecular weight is 241 g/mol. The first-order valence-corrected chi connectivity index (χ1v) is 6.30. The van der Waals surface area contributed by atoms with Gasteiger partial charge in [-0.15, -0.1) is 0 Å². The maximum atomic E-state index is 11.8. The topological polar surface area (TPSA) is 55.4 Å². The second-order valence-corrected chi connectivity index (χ2v) is 5.81. The van der Waals surface area contributed by atoms with Crippen LogP contribution in [0.1, 0.15) is 47.0 Å². The van der Waals surface area contributed by atoms with Crippen molar-refractivity contribution < 1.29 is 14.3 Å². The molecule has 0 aromatic heterocycles. The Hall–Kier alpha value is -1.06. The highest BCUT2D eigenvalue weighted by Gasteiger charge is 2.29. The molecule has 0 heterocycles. The summed E-state index contributed by atoms with van der Waals surface area (Å²) in [7, 11) is 0. The van der Waals surface area contributed by atoms with E-state index in [0.717, 1.165) is 19.3 Å². The van der Waals surface area contributed by atoms with E-state index in [1.54, 1.807) is 0 Å². The van der Waals surface area contributed by atoms with Crippen molar-refractivity contribution in [1.29, 1.82) is 0 Å². The molecule has 1 rings (SSSR count). The summed E-state index contributed by atoms with van der Waals surface area (Å²) in [6, 6.07) is 0. The maximum Gasteiger partial charge on any atom is 0.407 e. The summed E-state index contributed by atoms with van der Waals surface area (Å²) in [4.78, 5) is 23.2.